The molecule has 2 heterocycles. The number of hydrogen-bond donors (Lipinski definition) is 0. The third-order valence-corrected chi connectivity index (χ3v) is 4.30. The summed E-state index contributed by atoms with van der Waals surface area (Å²) in [6.07, 6.45) is 0. The first-order valence-corrected chi connectivity index (χ1v) is 7.58. The summed E-state index contributed by atoms with van der Waals surface area (Å²) in [6, 6.07) is 8.71. The van der Waals surface area contributed by atoms with E-state index in [1.807, 2.05) is 19.1 Å². The van der Waals surface area contributed by atoms with Gasteiger partial charge in [0.1, 0.15) is 17.1 Å². The van der Waals surface area contributed by atoms with Gasteiger partial charge in [0.25, 0.3) is 0 Å². The van der Waals surface area contributed by atoms with Gasteiger partial charge in [0, 0.05) is 37.9 Å². The standard InChI is InChI=1S/C16H22N4O2/c1-12-10-20(14-4-6-15(21-3)7-5-14)9-8-19(12)11-16-13(2)17-22-18-16/h4-7,12H,8-11H2,1-3H3/t12-/m1/s1. The fraction of sp³-hybridized carbons (Fsp3) is 0.500. The number of piperazine rings is 1. The normalized spacial score (nSPS) is 19.4. The summed E-state index contributed by atoms with van der Waals surface area (Å²) in [5, 5.41) is 7.84. The molecule has 0 amide bonds. The molecular weight excluding hydrogens is 280 g/mol. The van der Waals surface area contributed by atoms with Crippen molar-refractivity contribution < 1.29 is 9.37 Å². The fourth-order valence-electron chi connectivity index (χ4n) is 2.84. The molecule has 0 unspecified atom stereocenters. The summed E-state index contributed by atoms with van der Waals surface area (Å²) in [6.45, 7) is 7.98. The van der Waals surface area contributed by atoms with Crippen LogP contribution in [0.2, 0.25) is 0 Å². The molecule has 1 saturated heterocycles. The van der Waals surface area contributed by atoms with Gasteiger partial charge in [-0.3, -0.25) is 4.90 Å². The topological polar surface area (TPSA) is 54.6 Å². The zero-order chi connectivity index (χ0) is 15.5. The second kappa shape index (κ2) is 6.36. The maximum Gasteiger partial charge on any atom is 0.122 e. The van der Waals surface area contributed by atoms with E-state index in [-0.39, 0.29) is 0 Å². The number of aryl methyl sites for hydroxylation is 1. The predicted octanol–water partition coefficient (Wildman–Crippen LogP) is 2.10. The summed E-state index contributed by atoms with van der Waals surface area (Å²) in [5.74, 6) is 0.893. The van der Waals surface area contributed by atoms with Crippen molar-refractivity contribution in [3.05, 3.63) is 35.7 Å². The van der Waals surface area contributed by atoms with Gasteiger partial charge in [-0.05, 0) is 38.1 Å². The molecule has 118 valence electrons. The Labute approximate surface area is 130 Å². The Morgan fingerprint density at radius 3 is 2.59 bits per heavy atom. The number of benzene rings is 1. The van der Waals surface area contributed by atoms with Crippen molar-refractivity contribution in [3.8, 4) is 5.75 Å². The molecule has 1 aliphatic heterocycles. The van der Waals surface area contributed by atoms with Gasteiger partial charge < -0.3 is 9.64 Å². The fourth-order valence-corrected chi connectivity index (χ4v) is 2.84. The van der Waals surface area contributed by atoms with E-state index in [0.29, 0.717) is 6.04 Å². The van der Waals surface area contributed by atoms with Crippen molar-refractivity contribution in [1.82, 2.24) is 15.2 Å². The number of ether oxygens (including phenoxy) is 1. The molecule has 0 N–H and O–H groups in total. The zero-order valence-corrected chi connectivity index (χ0v) is 13.3. The van der Waals surface area contributed by atoms with Gasteiger partial charge in [0.05, 0.1) is 7.11 Å². The molecule has 2 aromatic rings. The molecule has 1 aromatic heterocycles. The SMILES string of the molecule is COc1ccc(N2CCN(Cc3nonc3C)[C@H](C)C2)cc1. The first-order chi connectivity index (χ1) is 10.7. The molecule has 22 heavy (non-hydrogen) atoms. The smallest absolute Gasteiger partial charge is 0.122 e. The molecule has 1 fully saturated rings. The van der Waals surface area contributed by atoms with E-state index < -0.39 is 0 Å². The van der Waals surface area contributed by atoms with Crippen molar-refractivity contribution in [2.75, 3.05) is 31.6 Å². The summed E-state index contributed by atoms with van der Waals surface area (Å²) in [5.41, 5.74) is 3.06. The Morgan fingerprint density at radius 2 is 2.00 bits per heavy atom. The first kappa shape index (κ1) is 14.8. The Balaban J connectivity index is 1.62. The van der Waals surface area contributed by atoms with Crippen LogP contribution in [0.3, 0.4) is 0 Å². The van der Waals surface area contributed by atoms with Gasteiger partial charge in [-0.15, -0.1) is 0 Å². The number of methoxy groups -OCH3 is 1. The van der Waals surface area contributed by atoms with E-state index in [0.717, 1.165) is 43.3 Å². The summed E-state index contributed by atoms with van der Waals surface area (Å²) < 4.78 is 10.0. The monoisotopic (exact) mass is 302 g/mol. The zero-order valence-electron chi connectivity index (χ0n) is 13.3. The maximum absolute atomic E-state index is 5.22. The van der Waals surface area contributed by atoms with Gasteiger partial charge >= 0.3 is 0 Å². The van der Waals surface area contributed by atoms with Crippen molar-refractivity contribution in [2.24, 2.45) is 0 Å². The summed E-state index contributed by atoms with van der Waals surface area (Å²) >= 11 is 0. The molecule has 6 nitrogen and oxygen atoms in total. The lowest BCUT2D eigenvalue weighted by atomic mass is 10.1. The maximum atomic E-state index is 5.22. The van der Waals surface area contributed by atoms with E-state index in [1.54, 1.807) is 7.11 Å². The molecule has 0 aliphatic carbocycles. The molecule has 1 aromatic carbocycles. The molecule has 0 spiro atoms. The highest BCUT2D eigenvalue weighted by Gasteiger charge is 2.25. The van der Waals surface area contributed by atoms with Crippen LogP contribution in [0.25, 0.3) is 0 Å². The van der Waals surface area contributed by atoms with Gasteiger partial charge in [0.15, 0.2) is 0 Å². The van der Waals surface area contributed by atoms with Crippen molar-refractivity contribution >= 4 is 5.69 Å². The van der Waals surface area contributed by atoms with E-state index in [1.165, 1.54) is 5.69 Å². The van der Waals surface area contributed by atoms with Gasteiger partial charge in [-0.2, -0.15) is 0 Å². The third-order valence-electron chi connectivity index (χ3n) is 4.30. The van der Waals surface area contributed by atoms with Crippen LogP contribution in [0, 0.1) is 6.92 Å². The first-order valence-electron chi connectivity index (χ1n) is 7.58. The number of aromatic nitrogens is 2. The minimum Gasteiger partial charge on any atom is -0.497 e. The molecule has 6 heteroatoms. The quantitative estimate of drug-likeness (QED) is 0.862. The number of hydrogen-bond acceptors (Lipinski definition) is 6. The van der Waals surface area contributed by atoms with Crippen LogP contribution < -0.4 is 9.64 Å². The number of nitrogens with zero attached hydrogens (tertiary/aromatic N) is 4. The van der Waals surface area contributed by atoms with Crippen LogP contribution in [-0.4, -0.2) is 48.0 Å². The highest BCUT2D eigenvalue weighted by Crippen LogP contribution is 2.23. The minimum absolute atomic E-state index is 0.451. The van der Waals surface area contributed by atoms with Crippen LogP contribution in [0.5, 0.6) is 5.75 Å². The molecule has 1 aliphatic rings. The van der Waals surface area contributed by atoms with Crippen molar-refractivity contribution in [1.29, 1.82) is 0 Å². The van der Waals surface area contributed by atoms with Crippen LogP contribution in [-0.2, 0) is 6.54 Å². The van der Waals surface area contributed by atoms with Crippen LogP contribution in [0.4, 0.5) is 5.69 Å². The van der Waals surface area contributed by atoms with Gasteiger partial charge in [-0.25, -0.2) is 4.63 Å². The van der Waals surface area contributed by atoms with Gasteiger partial charge in [0.2, 0.25) is 0 Å². The minimum atomic E-state index is 0.451. The second-order valence-corrected chi connectivity index (χ2v) is 5.76. The molecule has 0 bridgehead atoms. The molecule has 1 atom stereocenters. The lowest BCUT2D eigenvalue weighted by molar-refractivity contribution is 0.175. The lowest BCUT2D eigenvalue weighted by Crippen LogP contribution is -2.51. The molecule has 0 radical (unpaired) electrons. The number of rotatable bonds is 4. The van der Waals surface area contributed by atoms with E-state index in [4.69, 9.17) is 9.37 Å². The van der Waals surface area contributed by atoms with Crippen molar-refractivity contribution in [2.45, 2.75) is 26.4 Å². The Hall–Kier alpha value is -2.08. The van der Waals surface area contributed by atoms with Crippen LogP contribution in [0.15, 0.2) is 28.9 Å². The summed E-state index contributed by atoms with van der Waals surface area (Å²) in [4.78, 5) is 4.83. The summed E-state index contributed by atoms with van der Waals surface area (Å²) in [7, 11) is 1.69. The number of anilines is 1. The Morgan fingerprint density at radius 1 is 1.23 bits per heavy atom. The van der Waals surface area contributed by atoms with Crippen molar-refractivity contribution in [3.63, 3.8) is 0 Å². The highest BCUT2D eigenvalue weighted by atomic mass is 16.6. The Bertz CT molecular complexity index is 611. The second-order valence-electron chi connectivity index (χ2n) is 5.76. The third kappa shape index (κ3) is 3.06. The molecular formula is C16H22N4O2. The van der Waals surface area contributed by atoms with Gasteiger partial charge in [-0.1, -0.05) is 10.3 Å². The van der Waals surface area contributed by atoms with E-state index >= 15 is 0 Å². The lowest BCUT2D eigenvalue weighted by Gasteiger charge is -2.40. The molecule has 3 rings (SSSR count). The average molecular weight is 302 g/mol. The van der Waals surface area contributed by atoms with E-state index in [9.17, 15) is 0 Å². The largest absolute Gasteiger partial charge is 0.497 e. The van der Waals surface area contributed by atoms with E-state index in [2.05, 4.69) is 39.2 Å². The molecule has 0 saturated carbocycles. The predicted molar refractivity (Wildman–Crippen MR) is 84.1 cm³/mol. The highest BCUT2D eigenvalue weighted by molar-refractivity contribution is 5.49. The van der Waals surface area contributed by atoms with Crippen LogP contribution >= 0.6 is 0 Å². The Kier molecular flexibility index (Phi) is 4.29. The average Bonchev–Trinajstić information content (AvgIpc) is 2.94. The van der Waals surface area contributed by atoms with Crippen LogP contribution in [0.1, 0.15) is 18.3 Å².